The topological polar surface area (TPSA) is 75.4 Å². The van der Waals surface area contributed by atoms with Crippen LogP contribution in [0.2, 0.25) is 0 Å². The van der Waals surface area contributed by atoms with Crippen molar-refractivity contribution in [3.8, 4) is 0 Å². The van der Waals surface area contributed by atoms with E-state index in [4.69, 9.17) is 5.11 Å². The number of rotatable bonds is 4. The molecular weight excluding hydrogens is 278 g/mol. The van der Waals surface area contributed by atoms with Gasteiger partial charge in [-0.05, 0) is 33.5 Å². The van der Waals surface area contributed by atoms with E-state index in [9.17, 15) is 9.59 Å². The van der Waals surface area contributed by atoms with Crippen LogP contribution in [0.25, 0.3) is 10.2 Å². The third-order valence-electron chi connectivity index (χ3n) is 3.12. The van der Waals surface area contributed by atoms with Crippen LogP contribution in [0.15, 0.2) is 4.79 Å². The zero-order valence-electron chi connectivity index (χ0n) is 11.9. The minimum atomic E-state index is -1.04. The van der Waals surface area contributed by atoms with Crippen LogP contribution >= 0.6 is 11.3 Å². The average molecular weight is 295 g/mol. The van der Waals surface area contributed by atoms with E-state index in [0.717, 1.165) is 10.4 Å². The Hall–Kier alpha value is -1.73. The molecule has 0 radical (unpaired) electrons. The van der Waals surface area contributed by atoms with E-state index in [-0.39, 0.29) is 12.1 Å². The number of fused-ring (bicyclic) bond motifs is 1. The molecule has 0 aliphatic rings. The van der Waals surface area contributed by atoms with Gasteiger partial charge in [-0.3, -0.25) is 14.2 Å². The van der Waals surface area contributed by atoms with Crippen LogP contribution in [0.1, 0.15) is 16.3 Å². The molecule has 0 fully saturated rings. The van der Waals surface area contributed by atoms with Crippen molar-refractivity contribution in [2.24, 2.45) is 0 Å². The van der Waals surface area contributed by atoms with E-state index >= 15 is 0 Å². The monoisotopic (exact) mass is 295 g/mol. The first-order valence-electron chi connectivity index (χ1n) is 6.17. The molecule has 1 N–H and O–H groups in total. The van der Waals surface area contributed by atoms with Gasteiger partial charge in [0.2, 0.25) is 0 Å². The smallest absolute Gasteiger partial charge is 0.323 e. The molecule has 0 saturated heterocycles. The molecule has 0 aliphatic heterocycles. The Labute approximate surface area is 120 Å². The first kappa shape index (κ1) is 14.7. The molecule has 0 bridgehead atoms. The number of hydrogen-bond donors (Lipinski definition) is 1. The Morgan fingerprint density at radius 1 is 1.40 bits per heavy atom. The Morgan fingerprint density at radius 3 is 2.60 bits per heavy atom. The molecular formula is C13H17N3O3S. The second kappa shape index (κ2) is 5.34. The molecule has 2 heterocycles. The zero-order valence-corrected chi connectivity index (χ0v) is 12.7. The van der Waals surface area contributed by atoms with Gasteiger partial charge in [0.05, 0.1) is 11.9 Å². The summed E-state index contributed by atoms with van der Waals surface area (Å²) in [5, 5.41) is 9.54. The van der Waals surface area contributed by atoms with Crippen LogP contribution in [0, 0.1) is 13.8 Å². The van der Waals surface area contributed by atoms with E-state index in [1.165, 1.54) is 15.9 Å². The normalized spacial score (nSPS) is 11.4. The predicted molar refractivity (Wildman–Crippen MR) is 78.4 cm³/mol. The van der Waals surface area contributed by atoms with Gasteiger partial charge in [0.1, 0.15) is 17.2 Å². The van der Waals surface area contributed by atoms with Crippen LogP contribution in [0.4, 0.5) is 0 Å². The summed E-state index contributed by atoms with van der Waals surface area (Å²) < 4.78 is 1.25. The van der Waals surface area contributed by atoms with Gasteiger partial charge in [-0.25, -0.2) is 4.98 Å². The van der Waals surface area contributed by atoms with Gasteiger partial charge >= 0.3 is 5.97 Å². The Balaban J connectivity index is 2.76. The standard InChI is InChI=1S/C13H17N3O3S/c1-7-8(2)20-12-11(7)13(19)16(6-10(17)18)9(14-12)5-15(3)4/h5-6H2,1-4H3,(H,17,18). The van der Waals surface area contributed by atoms with Gasteiger partial charge in [0, 0.05) is 4.88 Å². The van der Waals surface area contributed by atoms with Crippen LogP contribution in [-0.4, -0.2) is 39.6 Å². The number of aliphatic carboxylic acids is 1. The quantitative estimate of drug-likeness (QED) is 0.918. The lowest BCUT2D eigenvalue weighted by molar-refractivity contribution is -0.137. The summed E-state index contributed by atoms with van der Waals surface area (Å²) in [5.74, 6) is -0.561. The number of carbonyl (C=O) groups is 1. The predicted octanol–water partition coefficient (Wildman–Crippen LogP) is 1.22. The molecule has 7 heteroatoms. The third kappa shape index (κ3) is 2.59. The number of hydrogen-bond acceptors (Lipinski definition) is 5. The van der Waals surface area contributed by atoms with Crippen molar-refractivity contribution < 1.29 is 9.90 Å². The zero-order chi connectivity index (χ0) is 15.0. The summed E-state index contributed by atoms with van der Waals surface area (Å²) in [7, 11) is 3.71. The molecule has 0 aromatic carbocycles. The molecule has 108 valence electrons. The molecule has 0 spiro atoms. The maximum absolute atomic E-state index is 12.5. The number of carboxylic acid groups (broad SMARTS) is 1. The fourth-order valence-electron chi connectivity index (χ4n) is 2.07. The summed E-state index contributed by atoms with van der Waals surface area (Å²) >= 11 is 1.47. The summed E-state index contributed by atoms with van der Waals surface area (Å²) in [6.45, 7) is 3.87. The van der Waals surface area contributed by atoms with E-state index in [1.54, 1.807) is 0 Å². The van der Waals surface area contributed by atoms with E-state index in [2.05, 4.69) is 4.98 Å². The highest BCUT2D eigenvalue weighted by atomic mass is 32.1. The lowest BCUT2D eigenvalue weighted by atomic mass is 10.2. The summed E-state index contributed by atoms with van der Waals surface area (Å²) in [6, 6.07) is 0. The Morgan fingerprint density at radius 2 is 2.05 bits per heavy atom. The average Bonchev–Trinajstić information content (AvgIpc) is 2.59. The number of aryl methyl sites for hydroxylation is 2. The first-order chi connectivity index (χ1) is 9.31. The van der Waals surface area contributed by atoms with Gasteiger partial charge in [0.15, 0.2) is 0 Å². The van der Waals surface area contributed by atoms with Crippen LogP contribution < -0.4 is 5.56 Å². The fraction of sp³-hybridized carbons (Fsp3) is 0.462. The van der Waals surface area contributed by atoms with Gasteiger partial charge in [-0.2, -0.15) is 0 Å². The maximum Gasteiger partial charge on any atom is 0.323 e. The minimum Gasteiger partial charge on any atom is -0.480 e. The van der Waals surface area contributed by atoms with Gasteiger partial charge < -0.3 is 10.0 Å². The second-order valence-corrected chi connectivity index (χ2v) is 6.22. The van der Waals surface area contributed by atoms with E-state index in [0.29, 0.717) is 22.6 Å². The second-order valence-electron chi connectivity index (χ2n) is 5.01. The van der Waals surface area contributed by atoms with Crippen molar-refractivity contribution in [3.63, 3.8) is 0 Å². The molecule has 0 unspecified atom stereocenters. The largest absolute Gasteiger partial charge is 0.480 e. The lowest BCUT2D eigenvalue weighted by Gasteiger charge is -2.14. The van der Waals surface area contributed by atoms with Gasteiger partial charge in [-0.15, -0.1) is 11.3 Å². The van der Waals surface area contributed by atoms with Gasteiger partial charge in [-0.1, -0.05) is 0 Å². The lowest BCUT2D eigenvalue weighted by Crippen LogP contribution is -2.30. The molecule has 0 saturated carbocycles. The fourth-order valence-corrected chi connectivity index (χ4v) is 3.11. The van der Waals surface area contributed by atoms with Crippen molar-refractivity contribution in [1.29, 1.82) is 0 Å². The van der Waals surface area contributed by atoms with E-state index in [1.807, 2.05) is 32.8 Å². The maximum atomic E-state index is 12.5. The van der Waals surface area contributed by atoms with Crippen LogP contribution in [-0.2, 0) is 17.9 Å². The Kier molecular flexibility index (Phi) is 3.92. The summed E-state index contributed by atoms with van der Waals surface area (Å²) in [6.07, 6.45) is 0. The number of aromatic nitrogens is 2. The molecule has 6 nitrogen and oxygen atoms in total. The van der Waals surface area contributed by atoms with Crippen LogP contribution in [0.3, 0.4) is 0 Å². The molecule has 0 amide bonds. The van der Waals surface area contributed by atoms with Crippen molar-refractivity contribution in [2.45, 2.75) is 26.9 Å². The highest BCUT2D eigenvalue weighted by Gasteiger charge is 2.18. The van der Waals surface area contributed by atoms with Crippen LogP contribution in [0.5, 0.6) is 0 Å². The molecule has 20 heavy (non-hydrogen) atoms. The summed E-state index contributed by atoms with van der Waals surface area (Å²) in [5.41, 5.74) is 0.620. The first-order valence-corrected chi connectivity index (χ1v) is 6.99. The molecule has 2 rings (SSSR count). The molecule has 0 aliphatic carbocycles. The van der Waals surface area contributed by atoms with E-state index < -0.39 is 5.97 Å². The van der Waals surface area contributed by atoms with Crippen molar-refractivity contribution in [3.05, 3.63) is 26.6 Å². The summed E-state index contributed by atoms with van der Waals surface area (Å²) in [4.78, 5) is 31.6. The Bertz CT molecular complexity index is 731. The van der Waals surface area contributed by atoms with Gasteiger partial charge in [0.25, 0.3) is 5.56 Å². The number of carboxylic acids is 1. The minimum absolute atomic E-state index is 0.267. The van der Waals surface area contributed by atoms with Crippen molar-refractivity contribution in [1.82, 2.24) is 14.5 Å². The highest BCUT2D eigenvalue weighted by Crippen LogP contribution is 2.26. The number of thiophene rings is 1. The SMILES string of the molecule is Cc1sc2nc(CN(C)C)n(CC(=O)O)c(=O)c2c1C. The van der Waals surface area contributed by atoms with Crippen molar-refractivity contribution >= 4 is 27.5 Å². The third-order valence-corrected chi connectivity index (χ3v) is 4.22. The molecule has 0 atom stereocenters. The molecule has 2 aromatic rings. The highest BCUT2D eigenvalue weighted by molar-refractivity contribution is 7.18. The van der Waals surface area contributed by atoms with Crippen molar-refractivity contribution in [2.75, 3.05) is 14.1 Å². The number of nitrogens with zero attached hydrogens (tertiary/aromatic N) is 3. The molecule has 2 aromatic heterocycles.